The van der Waals surface area contributed by atoms with Crippen LogP contribution in [0.3, 0.4) is 0 Å². The van der Waals surface area contributed by atoms with Gasteiger partial charge >= 0.3 is 0 Å². The quantitative estimate of drug-likeness (QED) is 0.127. The van der Waals surface area contributed by atoms with E-state index < -0.39 is 9.84 Å². The molecule has 0 aliphatic carbocycles. The van der Waals surface area contributed by atoms with Gasteiger partial charge in [0.25, 0.3) is 0 Å². The van der Waals surface area contributed by atoms with Gasteiger partial charge in [-0.1, -0.05) is 36.7 Å². The predicted octanol–water partition coefficient (Wildman–Crippen LogP) is 7.25. The first-order chi connectivity index (χ1) is 20.8. The van der Waals surface area contributed by atoms with Crippen molar-refractivity contribution in [2.45, 2.75) is 26.4 Å². The van der Waals surface area contributed by atoms with Crippen molar-refractivity contribution in [2.24, 2.45) is 0 Å². The fourth-order valence-corrected chi connectivity index (χ4v) is 6.58. The van der Waals surface area contributed by atoms with E-state index in [2.05, 4.69) is 15.3 Å². The number of anilines is 2. The molecule has 12 heteroatoms. The summed E-state index contributed by atoms with van der Waals surface area (Å²) in [6.07, 6.45) is 2.71. The molecule has 0 amide bonds. The van der Waals surface area contributed by atoms with Crippen molar-refractivity contribution in [2.75, 3.05) is 30.0 Å². The van der Waals surface area contributed by atoms with E-state index in [4.69, 9.17) is 26.1 Å². The molecule has 0 spiro atoms. The Labute approximate surface area is 258 Å². The van der Waals surface area contributed by atoms with Gasteiger partial charge in [0.05, 0.1) is 40.2 Å². The highest BCUT2D eigenvalue weighted by Crippen LogP contribution is 2.32. The Hall–Kier alpha value is -3.64. The van der Waals surface area contributed by atoms with Gasteiger partial charge in [0, 0.05) is 34.2 Å². The average Bonchev–Trinajstić information content (AvgIpc) is 3.45. The van der Waals surface area contributed by atoms with Gasteiger partial charge in [0.2, 0.25) is 0 Å². The lowest BCUT2D eigenvalue weighted by molar-refractivity contribution is 0.152. The molecule has 0 saturated heterocycles. The molecule has 0 saturated carbocycles. The summed E-state index contributed by atoms with van der Waals surface area (Å²) in [4.78, 5) is 13.6. The lowest BCUT2D eigenvalue weighted by Gasteiger charge is -2.12. The number of aromatic nitrogens is 3. The van der Waals surface area contributed by atoms with Gasteiger partial charge in [-0.25, -0.2) is 27.8 Å². The maximum atomic E-state index is 13.5. The van der Waals surface area contributed by atoms with Crippen molar-refractivity contribution >= 4 is 55.2 Å². The van der Waals surface area contributed by atoms with Crippen molar-refractivity contribution in [3.05, 3.63) is 93.8 Å². The SMILES string of the molecule is CCCS(=O)(=O)CCOCCc1nc(-c2ccc3ncnc(Nc4ccc(OCc5cccc(F)c5)c(Cl)c4)c3c2)cs1. The molecule has 0 aliphatic heterocycles. The Morgan fingerprint density at radius 1 is 1.02 bits per heavy atom. The Bertz CT molecular complexity index is 1820. The van der Waals surface area contributed by atoms with Crippen LogP contribution in [-0.2, 0) is 27.6 Å². The van der Waals surface area contributed by atoms with E-state index >= 15 is 0 Å². The van der Waals surface area contributed by atoms with Crippen LogP contribution in [0, 0.1) is 5.82 Å². The molecule has 0 aliphatic rings. The number of fused-ring (bicyclic) bond motifs is 1. The summed E-state index contributed by atoms with van der Waals surface area (Å²) in [6.45, 7) is 2.64. The van der Waals surface area contributed by atoms with Gasteiger partial charge in [0.1, 0.15) is 30.3 Å². The first-order valence-corrected chi connectivity index (χ1v) is 16.8. The fraction of sp³-hybridized carbons (Fsp3) is 0.258. The summed E-state index contributed by atoms with van der Waals surface area (Å²) in [7, 11) is -3.04. The summed E-state index contributed by atoms with van der Waals surface area (Å²) in [6, 6.07) is 17.4. The van der Waals surface area contributed by atoms with Crippen molar-refractivity contribution in [1.29, 1.82) is 0 Å². The minimum atomic E-state index is -3.04. The van der Waals surface area contributed by atoms with Crippen LogP contribution in [0.4, 0.5) is 15.9 Å². The molecule has 2 heterocycles. The van der Waals surface area contributed by atoms with Gasteiger partial charge in [0.15, 0.2) is 9.84 Å². The van der Waals surface area contributed by atoms with E-state index in [-0.39, 0.29) is 30.5 Å². The molecule has 8 nitrogen and oxygen atoms in total. The molecule has 5 rings (SSSR count). The molecule has 0 bridgehead atoms. The maximum absolute atomic E-state index is 13.5. The molecule has 224 valence electrons. The number of halogens is 2. The van der Waals surface area contributed by atoms with Crippen LogP contribution in [0.5, 0.6) is 5.75 Å². The number of sulfone groups is 1. The van der Waals surface area contributed by atoms with Gasteiger partial charge in [-0.15, -0.1) is 11.3 Å². The standard InChI is InChI=1S/C31H30ClFN4O4S2/c1-2-13-43(38,39)14-12-40-11-10-30-37-28(19-42-30)22-6-8-27-25(16-22)31(35-20-34-27)36-24-7-9-29(26(32)17-24)41-18-21-4-3-5-23(33)15-21/h3-9,15-17,19-20H,2,10-14,18H2,1H3,(H,34,35,36). The Balaban J connectivity index is 1.23. The zero-order chi connectivity index (χ0) is 30.2. The van der Waals surface area contributed by atoms with Gasteiger partial charge < -0.3 is 14.8 Å². The Morgan fingerprint density at radius 3 is 2.72 bits per heavy atom. The fourth-order valence-electron chi connectivity index (χ4n) is 4.35. The number of hydrogen-bond acceptors (Lipinski definition) is 9. The molecule has 1 N–H and O–H groups in total. The molecule has 3 aromatic carbocycles. The third kappa shape index (κ3) is 8.47. The van der Waals surface area contributed by atoms with E-state index in [0.717, 1.165) is 27.2 Å². The normalized spacial score (nSPS) is 11.6. The smallest absolute Gasteiger partial charge is 0.152 e. The number of rotatable bonds is 14. The van der Waals surface area contributed by atoms with Crippen LogP contribution in [0.25, 0.3) is 22.2 Å². The van der Waals surface area contributed by atoms with Crippen LogP contribution >= 0.6 is 22.9 Å². The maximum Gasteiger partial charge on any atom is 0.152 e. The van der Waals surface area contributed by atoms with Crippen LogP contribution < -0.4 is 10.1 Å². The third-order valence-corrected chi connectivity index (χ3v) is 9.50. The van der Waals surface area contributed by atoms with Gasteiger partial charge in [-0.3, -0.25) is 0 Å². The average molecular weight is 641 g/mol. The predicted molar refractivity (Wildman–Crippen MR) is 170 cm³/mol. The molecule has 0 unspecified atom stereocenters. The molecule has 43 heavy (non-hydrogen) atoms. The zero-order valence-corrected chi connectivity index (χ0v) is 25.8. The lowest BCUT2D eigenvalue weighted by atomic mass is 10.1. The number of benzene rings is 3. The molecule has 5 aromatic rings. The van der Waals surface area contributed by atoms with Crippen LogP contribution in [-0.4, -0.2) is 48.1 Å². The minimum Gasteiger partial charge on any atom is -0.487 e. The molecule has 0 radical (unpaired) electrons. The van der Waals surface area contributed by atoms with Gasteiger partial charge in [-0.2, -0.15) is 0 Å². The van der Waals surface area contributed by atoms with E-state index in [0.29, 0.717) is 47.3 Å². The first-order valence-electron chi connectivity index (χ1n) is 13.7. The lowest BCUT2D eigenvalue weighted by Crippen LogP contribution is -2.16. The van der Waals surface area contributed by atoms with E-state index in [9.17, 15) is 12.8 Å². The number of nitrogens with one attached hydrogen (secondary N) is 1. The van der Waals surface area contributed by atoms with Crippen molar-refractivity contribution < 1.29 is 22.3 Å². The largest absolute Gasteiger partial charge is 0.487 e. The second-order valence-corrected chi connectivity index (χ2v) is 13.4. The number of thiazole rings is 1. The first kappa shape index (κ1) is 30.8. The Kier molecular flexibility index (Phi) is 10.2. The van der Waals surface area contributed by atoms with Crippen molar-refractivity contribution in [3.8, 4) is 17.0 Å². The summed E-state index contributed by atoms with van der Waals surface area (Å²) < 4.78 is 48.4. The van der Waals surface area contributed by atoms with Crippen LogP contribution in [0.2, 0.25) is 5.02 Å². The van der Waals surface area contributed by atoms with Crippen molar-refractivity contribution in [1.82, 2.24) is 15.0 Å². The summed E-state index contributed by atoms with van der Waals surface area (Å²) >= 11 is 8.02. The number of nitrogens with zero attached hydrogens (tertiary/aromatic N) is 3. The highest BCUT2D eigenvalue weighted by atomic mass is 35.5. The molecular formula is C31H30ClFN4O4S2. The highest BCUT2D eigenvalue weighted by Gasteiger charge is 2.12. The molecule has 0 atom stereocenters. The van der Waals surface area contributed by atoms with E-state index in [1.54, 1.807) is 24.3 Å². The van der Waals surface area contributed by atoms with E-state index in [1.807, 2.05) is 36.6 Å². The van der Waals surface area contributed by atoms with Gasteiger partial charge in [-0.05, 0) is 54.4 Å². The van der Waals surface area contributed by atoms with Crippen LogP contribution in [0.15, 0.2) is 72.4 Å². The molecule has 2 aromatic heterocycles. The topological polar surface area (TPSA) is 103 Å². The monoisotopic (exact) mass is 640 g/mol. The summed E-state index contributed by atoms with van der Waals surface area (Å²) in [5.41, 5.74) is 3.93. The third-order valence-electron chi connectivity index (χ3n) is 6.47. The summed E-state index contributed by atoms with van der Waals surface area (Å²) in [5.74, 6) is 1.01. The van der Waals surface area contributed by atoms with Crippen molar-refractivity contribution in [3.63, 3.8) is 0 Å². The number of ether oxygens (including phenoxy) is 2. The molecule has 0 fully saturated rings. The van der Waals surface area contributed by atoms with E-state index in [1.165, 1.54) is 29.8 Å². The highest BCUT2D eigenvalue weighted by molar-refractivity contribution is 7.91. The summed E-state index contributed by atoms with van der Waals surface area (Å²) in [5, 5.41) is 7.43. The number of hydrogen-bond donors (Lipinski definition) is 1. The Morgan fingerprint density at radius 2 is 1.91 bits per heavy atom. The second-order valence-electron chi connectivity index (χ2n) is 9.78. The van der Waals surface area contributed by atoms with Crippen LogP contribution in [0.1, 0.15) is 23.9 Å². The zero-order valence-electron chi connectivity index (χ0n) is 23.4. The second kappa shape index (κ2) is 14.2. The minimum absolute atomic E-state index is 0.0418. The molecular weight excluding hydrogens is 611 g/mol.